The van der Waals surface area contributed by atoms with Gasteiger partial charge in [-0.2, -0.15) is 0 Å². The van der Waals surface area contributed by atoms with Crippen LogP contribution < -0.4 is 21.1 Å². The number of carbonyl (C=O) groups is 2. The third-order valence-corrected chi connectivity index (χ3v) is 3.37. The molecule has 0 bridgehead atoms. The van der Waals surface area contributed by atoms with Crippen molar-refractivity contribution in [2.24, 2.45) is 11.7 Å². The van der Waals surface area contributed by atoms with Gasteiger partial charge in [-0.15, -0.1) is 12.4 Å². The van der Waals surface area contributed by atoms with Crippen molar-refractivity contribution in [3.8, 4) is 5.75 Å². The highest BCUT2D eigenvalue weighted by Crippen LogP contribution is 2.30. The largest absolute Gasteiger partial charge is 0.484 e. The first-order chi connectivity index (χ1) is 10.7. The summed E-state index contributed by atoms with van der Waals surface area (Å²) >= 11 is 0. The average Bonchev–Trinajstić information content (AvgIpc) is 3.35. The molecule has 1 aromatic carbocycles. The fourth-order valence-electron chi connectivity index (χ4n) is 1.95. The molecule has 1 saturated carbocycles. The molecule has 0 radical (unpaired) electrons. The van der Waals surface area contributed by atoms with Crippen LogP contribution in [0.5, 0.6) is 5.75 Å². The van der Waals surface area contributed by atoms with Gasteiger partial charge in [0, 0.05) is 24.2 Å². The summed E-state index contributed by atoms with van der Waals surface area (Å²) in [6.07, 6.45) is 3.69. The van der Waals surface area contributed by atoms with Crippen LogP contribution in [0.25, 0.3) is 0 Å². The Kier molecular flexibility index (Phi) is 8.43. The number of hydrogen-bond acceptors (Lipinski definition) is 4. The zero-order valence-electron chi connectivity index (χ0n) is 13.0. The molecule has 128 valence electrons. The molecule has 2 amide bonds. The van der Waals surface area contributed by atoms with Gasteiger partial charge in [0.25, 0.3) is 5.91 Å². The minimum absolute atomic E-state index is 0. The van der Waals surface area contributed by atoms with Gasteiger partial charge in [-0.05, 0) is 44.4 Å². The Morgan fingerprint density at radius 1 is 1.26 bits per heavy atom. The lowest BCUT2D eigenvalue weighted by Crippen LogP contribution is -2.29. The summed E-state index contributed by atoms with van der Waals surface area (Å²) in [7, 11) is 0. The van der Waals surface area contributed by atoms with Crippen molar-refractivity contribution in [3.05, 3.63) is 24.3 Å². The van der Waals surface area contributed by atoms with Crippen LogP contribution in [0.3, 0.4) is 0 Å². The van der Waals surface area contributed by atoms with E-state index in [9.17, 15) is 9.59 Å². The standard InChI is InChI=1S/C16H23N3O3.ClH/c17-8-1-2-9-18-15(20)11-22-14-5-3-4-13(10-14)19-16(21)12-6-7-12;/h3-5,10,12H,1-2,6-9,11,17H2,(H,18,20)(H,19,21);1H. The minimum atomic E-state index is -0.163. The van der Waals surface area contributed by atoms with Crippen LogP contribution in [0, 0.1) is 5.92 Å². The molecule has 0 atom stereocenters. The van der Waals surface area contributed by atoms with Crippen LogP contribution in [0.1, 0.15) is 25.7 Å². The fraction of sp³-hybridized carbons (Fsp3) is 0.500. The second-order valence-corrected chi connectivity index (χ2v) is 5.43. The molecule has 0 spiro atoms. The van der Waals surface area contributed by atoms with Gasteiger partial charge in [0.1, 0.15) is 5.75 Å². The number of anilines is 1. The van der Waals surface area contributed by atoms with Gasteiger partial charge in [-0.1, -0.05) is 6.07 Å². The van der Waals surface area contributed by atoms with E-state index in [1.165, 1.54) is 0 Å². The highest BCUT2D eigenvalue weighted by atomic mass is 35.5. The zero-order valence-corrected chi connectivity index (χ0v) is 13.9. The van der Waals surface area contributed by atoms with Gasteiger partial charge in [-0.25, -0.2) is 0 Å². The number of unbranched alkanes of at least 4 members (excludes halogenated alkanes) is 1. The normalized spacial score (nSPS) is 12.9. The number of rotatable bonds is 9. The lowest BCUT2D eigenvalue weighted by atomic mass is 10.3. The summed E-state index contributed by atoms with van der Waals surface area (Å²) in [4.78, 5) is 23.3. The highest BCUT2D eigenvalue weighted by molar-refractivity contribution is 5.94. The number of amides is 2. The number of nitrogens with two attached hydrogens (primary N) is 1. The van der Waals surface area contributed by atoms with Gasteiger partial charge in [-0.3, -0.25) is 9.59 Å². The Labute approximate surface area is 142 Å². The Hall–Kier alpha value is -1.79. The molecular weight excluding hydrogens is 318 g/mol. The number of nitrogens with one attached hydrogen (secondary N) is 2. The molecule has 0 unspecified atom stereocenters. The summed E-state index contributed by atoms with van der Waals surface area (Å²) in [6.45, 7) is 1.20. The second-order valence-electron chi connectivity index (χ2n) is 5.43. The maximum atomic E-state index is 11.7. The first-order valence-electron chi connectivity index (χ1n) is 7.69. The first kappa shape index (κ1) is 19.3. The van der Waals surface area contributed by atoms with E-state index in [1.54, 1.807) is 24.3 Å². The Morgan fingerprint density at radius 3 is 2.74 bits per heavy atom. The lowest BCUT2D eigenvalue weighted by Gasteiger charge is -2.09. The zero-order chi connectivity index (χ0) is 15.8. The van der Waals surface area contributed by atoms with Crippen LogP contribution in [0.4, 0.5) is 5.69 Å². The van der Waals surface area contributed by atoms with E-state index in [0.717, 1.165) is 25.7 Å². The third-order valence-electron chi connectivity index (χ3n) is 3.37. The molecule has 7 heteroatoms. The van der Waals surface area contributed by atoms with Crippen LogP contribution in [0.15, 0.2) is 24.3 Å². The quantitative estimate of drug-likeness (QED) is 0.596. The van der Waals surface area contributed by atoms with Crippen molar-refractivity contribution < 1.29 is 14.3 Å². The highest BCUT2D eigenvalue weighted by Gasteiger charge is 2.29. The molecule has 0 aliphatic heterocycles. The van der Waals surface area contributed by atoms with Gasteiger partial charge in [0.05, 0.1) is 0 Å². The number of ether oxygens (including phenoxy) is 1. The monoisotopic (exact) mass is 341 g/mol. The second kappa shape index (κ2) is 10.1. The molecule has 0 aromatic heterocycles. The molecule has 2 rings (SSSR count). The summed E-state index contributed by atoms with van der Waals surface area (Å²) in [5.74, 6) is 0.605. The average molecular weight is 342 g/mol. The van der Waals surface area contributed by atoms with Crippen molar-refractivity contribution in [1.82, 2.24) is 5.32 Å². The van der Waals surface area contributed by atoms with Gasteiger partial charge in [0.15, 0.2) is 6.61 Å². The molecule has 1 fully saturated rings. The van der Waals surface area contributed by atoms with Crippen molar-refractivity contribution in [3.63, 3.8) is 0 Å². The molecule has 1 aliphatic carbocycles. The van der Waals surface area contributed by atoms with E-state index >= 15 is 0 Å². The van der Waals surface area contributed by atoms with E-state index in [1.807, 2.05) is 0 Å². The maximum absolute atomic E-state index is 11.7. The van der Waals surface area contributed by atoms with E-state index < -0.39 is 0 Å². The predicted molar refractivity (Wildman–Crippen MR) is 91.8 cm³/mol. The van der Waals surface area contributed by atoms with Gasteiger partial charge >= 0.3 is 0 Å². The molecular formula is C16H24ClN3O3. The lowest BCUT2D eigenvalue weighted by molar-refractivity contribution is -0.123. The smallest absolute Gasteiger partial charge is 0.257 e. The van der Waals surface area contributed by atoms with Crippen LogP contribution in [-0.2, 0) is 9.59 Å². The molecule has 23 heavy (non-hydrogen) atoms. The number of carbonyl (C=O) groups excluding carboxylic acids is 2. The van der Waals surface area contributed by atoms with Crippen molar-refractivity contribution >= 4 is 29.9 Å². The fourth-order valence-corrected chi connectivity index (χ4v) is 1.95. The Bertz CT molecular complexity index is 521. The predicted octanol–water partition coefficient (Wildman–Crippen LogP) is 1.69. The summed E-state index contributed by atoms with van der Waals surface area (Å²) < 4.78 is 5.44. The summed E-state index contributed by atoms with van der Waals surface area (Å²) in [6, 6.07) is 7.08. The Morgan fingerprint density at radius 2 is 2.04 bits per heavy atom. The number of benzene rings is 1. The topological polar surface area (TPSA) is 93.4 Å². The molecule has 0 heterocycles. The number of halogens is 1. The van der Waals surface area contributed by atoms with E-state index in [0.29, 0.717) is 24.5 Å². The van der Waals surface area contributed by atoms with Crippen molar-refractivity contribution in [2.75, 3.05) is 25.0 Å². The number of hydrogen-bond donors (Lipinski definition) is 3. The minimum Gasteiger partial charge on any atom is -0.484 e. The third kappa shape index (κ3) is 7.34. The van der Waals surface area contributed by atoms with E-state index in [2.05, 4.69) is 10.6 Å². The van der Waals surface area contributed by atoms with E-state index in [4.69, 9.17) is 10.5 Å². The Balaban J connectivity index is 0.00000264. The SMILES string of the molecule is Cl.NCCCCNC(=O)COc1cccc(NC(=O)C2CC2)c1. The summed E-state index contributed by atoms with van der Waals surface area (Å²) in [5.41, 5.74) is 6.08. The molecule has 6 nitrogen and oxygen atoms in total. The van der Waals surface area contributed by atoms with Gasteiger partial charge in [0.2, 0.25) is 5.91 Å². The van der Waals surface area contributed by atoms with Crippen molar-refractivity contribution in [2.45, 2.75) is 25.7 Å². The molecule has 1 aliphatic rings. The van der Waals surface area contributed by atoms with Crippen molar-refractivity contribution in [1.29, 1.82) is 0 Å². The molecule has 1 aromatic rings. The van der Waals surface area contributed by atoms with Crippen LogP contribution >= 0.6 is 12.4 Å². The van der Waals surface area contributed by atoms with Gasteiger partial charge < -0.3 is 21.1 Å². The maximum Gasteiger partial charge on any atom is 0.257 e. The van der Waals surface area contributed by atoms with Crippen LogP contribution in [-0.4, -0.2) is 31.5 Å². The summed E-state index contributed by atoms with van der Waals surface area (Å²) in [5, 5.41) is 5.62. The molecule has 4 N–H and O–H groups in total. The first-order valence-corrected chi connectivity index (χ1v) is 7.69. The molecule has 0 saturated heterocycles. The van der Waals surface area contributed by atoms with Crippen LogP contribution in [0.2, 0.25) is 0 Å². The van der Waals surface area contributed by atoms with E-state index in [-0.39, 0.29) is 36.7 Å².